The number of benzene rings is 1. The van der Waals surface area contributed by atoms with E-state index in [0.717, 1.165) is 5.75 Å². The molecule has 0 saturated heterocycles. The highest BCUT2D eigenvalue weighted by molar-refractivity contribution is 7.98. The summed E-state index contributed by atoms with van der Waals surface area (Å²) in [5.41, 5.74) is 6.61. The summed E-state index contributed by atoms with van der Waals surface area (Å²) in [4.78, 5) is 12.0. The summed E-state index contributed by atoms with van der Waals surface area (Å²) < 4.78 is 30.9. The predicted octanol–water partition coefficient (Wildman–Crippen LogP) is 1.48. The Kier molecular flexibility index (Phi) is 7.66. The minimum Gasteiger partial charge on any atom is -0.494 e. The molecule has 130 valence electrons. The van der Waals surface area contributed by atoms with Crippen molar-refractivity contribution in [2.45, 2.75) is 19.4 Å². The van der Waals surface area contributed by atoms with Crippen molar-refractivity contribution in [2.24, 2.45) is 5.73 Å². The topological polar surface area (TPSA) is 111 Å². The lowest BCUT2D eigenvalue weighted by Crippen LogP contribution is -2.36. The van der Waals surface area contributed by atoms with Crippen molar-refractivity contribution in [3.8, 4) is 5.75 Å². The summed E-state index contributed by atoms with van der Waals surface area (Å²) in [7, 11) is -1.98. The highest BCUT2D eigenvalue weighted by Gasteiger charge is 2.15. The van der Waals surface area contributed by atoms with Crippen LogP contribution in [0.5, 0.6) is 5.75 Å². The molecule has 0 heterocycles. The molecule has 0 aromatic heterocycles. The van der Waals surface area contributed by atoms with Gasteiger partial charge in [-0.15, -0.1) is 0 Å². The molecule has 1 rings (SSSR count). The quantitative estimate of drug-likeness (QED) is 0.614. The molecule has 1 aromatic rings. The fraction of sp³-hybridized carbons (Fsp3) is 0.500. The largest absolute Gasteiger partial charge is 0.494 e. The van der Waals surface area contributed by atoms with E-state index in [9.17, 15) is 13.2 Å². The molecule has 0 aliphatic heterocycles. The molecule has 0 radical (unpaired) electrons. The van der Waals surface area contributed by atoms with E-state index in [2.05, 4.69) is 10.0 Å². The Balaban J connectivity index is 2.85. The SMILES string of the molecule is CCS(=O)(=O)Nc1ccc(NC(=O)[C@@H](N)CCSC)cc1OC. The molecule has 0 unspecified atom stereocenters. The van der Waals surface area contributed by atoms with E-state index in [1.54, 1.807) is 30.8 Å². The molecular formula is C14H23N3O4S2. The van der Waals surface area contributed by atoms with Gasteiger partial charge >= 0.3 is 0 Å². The van der Waals surface area contributed by atoms with Crippen LogP contribution in [0.1, 0.15) is 13.3 Å². The van der Waals surface area contributed by atoms with E-state index >= 15 is 0 Å². The Morgan fingerprint density at radius 3 is 2.70 bits per heavy atom. The van der Waals surface area contributed by atoms with E-state index in [4.69, 9.17) is 10.5 Å². The highest BCUT2D eigenvalue weighted by atomic mass is 32.2. The number of ether oxygens (including phenoxy) is 1. The second kappa shape index (κ2) is 8.99. The number of amides is 1. The number of carbonyl (C=O) groups excluding carboxylic acids is 1. The van der Waals surface area contributed by atoms with Crippen LogP contribution in [-0.4, -0.2) is 45.2 Å². The predicted molar refractivity (Wildman–Crippen MR) is 95.7 cm³/mol. The number of nitrogens with two attached hydrogens (primary N) is 1. The van der Waals surface area contributed by atoms with E-state index in [0.29, 0.717) is 23.5 Å². The van der Waals surface area contributed by atoms with Crippen molar-refractivity contribution >= 4 is 39.1 Å². The Hall–Kier alpha value is -1.45. The smallest absolute Gasteiger partial charge is 0.241 e. The average Bonchev–Trinajstić information content (AvgIpc) is 2.53. The number of anilines is 2. The second-order valence-corrected chi connectivity index (χ2v) is 7.79. The monoisotopic (exact) mass is 361 g/mol. The van der Waals surface area contributed by atoms with Crippen LogP contribution in [-0.2, 0) is 14.8 Å². The van der Waals surface area contributed by atoms with Crippen LogP contribution < -0.4 is 20.5 Å². The van der Waals surface area contributed by atoms with Crippen LogP contribution in [0.25, 0.3) is 0 Å². The first kappa shape index (κ1) is 19.6. The normalized spacial score (nSPS) is 12.5. The number of nitrogens with one attached hydrogen (secondary N) is 2. The van der Waals surface area contributed by atoms with E-state index in [1.807, 2.05) is 6.26 Å². The lowest BCUT2D eigenvalue weighted by molar-refractivity contribution is -0.117. The molecular weight excluding hydrogens is 338 g/mol. The fourth-order valence-corrected chi connectivity index (χ4v) is 2.84. The third-order valence-electron chi connectivity index (χ3n) is 3.08. The third kappa shape index (κ3) is 6.28. The standard InChI is InChI=1S/C14H23N3O4S2/c1-4-23(19,20)17-12-6-5-10(9-13(12)21-2)16-14(18)11(15)7-8-22-3/h5-6,9,11,17H,4,7-8,15H2,1-3H3,(H,16,18)/t11-/m0/s1. The summed E-state index contributed by atoms with van der Waals surface area (Å²) in [6, 6.07) is 4.09. The summed E-state index contributed by atoms with van der Waals surface area (Å²) in [6.45, 7) is 1.54. The van der Waals surface area contributed by atoms with Crippen LogP contribution in [0.3, 0.4) is 0 Å². The maximum Gasteiger partial charge on any atom is 0.241 e. The van der Waals surface area contributed by atoms with Gasteiger partial charge in [0.2, 0.25) is 15.9 Å². The summed E-state index contributed by atoms with van der Waals surface area (Å²) >= 11 is 1.62. The molecule has 0 fully saturated rings. The molecule has 1 atom stereocenters. The molecule has 0 aliphatic rings. The highest BCUT2D eigenvalue weighted by Crippen LogP contribution is 2.29. The number of hydrogen-bond donors (Lipinski definition) is 3. The molecule has 0 saturated carbocycles. The van der Waals surface area contributed by atoms with Crippen LogP contribution in [0, 0.1) is 0 Å². The Morgan fingerprint density at radius 2 is 2.13 bits per heavy atom. The maximum absolute atomic E-state index is 12.0. The number of thioether (sulfide) groups is 1. The van der Waals surface area contributed by atoms with Gasteiger partial charge < -0.3 is 15.8 Å². The molecule has 0 spiro atoms. The lowest BCUT2D eigenvalue weighted by atomic mass is 10.2. The van der Waals surface area contributed by atoms with Crippen LogP contribution in [0.15, 0.2) is 18.2 Å². The van der Waals surface area contributed by atoms with Gasteiger partial charge in [0, 0.05) is 11.8 Å². The van der Waals surface area contributed by atoms with Gasteiger partial charge in [0.05, 0.1) is 24.6 Å². The second-order valence-electron chi connectivity index (χ2n) is 4.80. The van der Waals surface area contributed by atoms with Crippen molar-refractivity contribution in [1.29, 1.82) is 0 Å². The number of hydrogen-bond acceptors (Lipinski definition) is 6. The first-order valence-corrected chi connectivity index (χ1v) is 10.1. The van der Waals surface area contributed by atoms with Crippen molar-refractivity contribution in [3.63, 3.8) is 0 Å². The molecule has 7 nitrogen and oxygen atoms in total. The Bertz CT molecular complexity index is 635. The minimum absolute atomic E-state index is 0.0427. The molecule has 0 aliphatic carbocycles. The van der Waals surface area contributed by atoms with Crippen molar-refractivity contribution in [1.82, 2.24) is 0 Å². The molecule has 9 heteroatoms. The summed E-state index contributed by atoms with van der Waals surface area (Å²) in [5.74, 6) is 0.787. The summed E-state index contributed by atoms with van der Waals surface area (Å²) in [6.07, 6.45) is 2.53. The number of rotatable bonds is 9. The van der Waals surface area contributed by atoms with Crippen molar-refractivity contribution in [2.75, 3.05) is 34.9 Å². The van der Waals surface area contributed by atoms with Gasteiger partial charge in [0.15, 0.2) is 0 Å². The van der Waals surface area contributed by atoms with Crippen molar-refractivity contribution < 1.29 is 17.9 Å². The molecule has 0 bridgehead atoms. The maximum atomic E-state index is 12.0. The van der Waals surface area contributed by atoms with Gasteiger partial charge in [-0.2, -0.15) is 11.8 Å². The number of carbonyl (C=O) groups is 1. The lowest BCUT2D eigenvalue weighted by Gasteiger charge is -2.15. The molecule has 4 N–H and O–H groups in total. The first-order chi connectivity index (χ1) is 10.8. The van der Waals surface area contributed by atoms with Gasteiger partial charge in [-0.25, -0.2) is 8.42 Å². The van der Waals surface area contributed by atoms with Gasteiger partial charge in [-0.1, -0.05) is 0 Å². The number of sulfonamides is 1. The molecule has 1 aromatic carbocycles. The van der Waals surface area contributed by atoms with Gasteiger partial charge in [-0.05, 0) is 37.5 Å². The van der Waals surface area contributed by atoms with Crippen LogP contribution >= 0.6 is 11.8 Å². The minimum atomic E-state index is -3.40. The zero-order valence-electron chi connectivity index (χ0n) is 13.5. The van der Waals surface area contributed by atoms with Gasteiger partial charge in [-0.3, -0.25) is 9.52 Å². The fourth-order valence-electron chi connectivity index (χ4n) is 1.70. The molecule has 23 heavy (non-hydrogen) atoms. The van der Waals surface area contributed by atoms with Gasteiger partial charge in [0.1, 0.15) is 5.75 Å². The number of methoxy groups -OCH3 is 1. The Morgan fingerprint density at radius 1 is 1.43 bits per heavy atom. The third-order valence-corrected chi connectivity index (χ3v) is 5.02. The van der Waals surface area contributed by atoms with Crippen molar-refractivity contribution in [3.05, 3.63) is 18.2 Å². The molecule has 1 amide bonds. The zero-order valence-corrected chi connectivity index (χ0v) is 15.1. The van der Waals surface area contributed by atoms with Crippen LogP contribution in [0.2, 0.25) is 0 Å². The van der Waals surface area contributed by atoms with E-state index in [1.165, 1.54) is 13.2 Å². The van der Waals surface area contributed by atoms with Crippen LogP contribution in [0.4, 0.5) is 11.4 Å². The van der Waals surface area contributed by atoms with E-state index in [-0.39, 0.29) is 11.7 Å². The summed E-state index contributed by atoms with van der Waals surface area (Å²) in [5, 5.41) is 2.70. The Labute approximate surface area is 141 Å². The zero-order chi connectivity index (χ0) is 17.5. The van der Waals surface area contributed by atoms with E-state index < -0.39 is 16.1 Å². The average molecular weight is 361 g/mol. The first-order valence-electron chi connectivity index (χ1n) is 7.06. The van der Waals surface area contributed by atoms with Gasteiger partial charge in [0.25, 0.3) is 0 Å².